The van der Waals surface area contributed by atoms with Crippen molar-refractivity contribution in [2.45, 2.75) is 6.54 Å². The molecule has 2 N–H and O–H groups in total. The van der Waals surface area contributed by atoms with Gasteiger partial charge in [0.05, 0.1) is 0 Å². The normalized spacial score (nSPS) is 10.3. The Balaban J connectivity index is 2.00. The van der Waals surface area contributed by atoms with E-state index in [2.05, 4.69) is 10.3 Å². The van der Waals surface area contributed by atoms with Gasteiger partial charge in [-0.3, -0.25) is 4.79 Å². The van der Waals surface area contributed by atoms with E-state index in [1.54, 1.807) is 0 Å². The van der Waals surface area contributed by atoms with Gasteiger partial charge in [0.2, 0.25) is 0 Å². The van der Waals surface area contributed by atoms with Crippen LogP contribution in [-0.2, 0) is 6.54 Å². The number of carbonyl (C=O) groups is 2. The van der Waals surface area contributed by atoms with Gasteiger partial charge in [-0.25, -0.2) is 18.6 Å². The third-order valence-corrected chi connectivity index (χ3v) is 3.20. The highest BCUT2D eigenvalue weighted by Crippen LogP contribution is 2.11. The van der Waals surface area contributed by atoms with Gasteiger partial charge >= 0.3 is 5.97 Å². The van der Waals surface area contributed by atoms with Crippen molar-refractivity contribution in [2.75, 3.05) is 0 Å². The smallest absolute Gasteiger partial charge is 0.355 e. The first-order valence-corrected chi connectivity index (χ1v) is 6.26. The van der Waals surface area contributed by atoms with Crippen LogP contribution in [0.15, 0.2) is 23.6 Å². The summed E-state index contributed by atoms with van der Waals surface area (Å²) in [7, 11) is 0. The summed E-state index contributed by atoms with van der Waals surface area (Å²) < 4.78 is 25.7. The molecule has 1 heterocycles. The number of aromatic carboxylic acids is 1. The number of nitrogens with one attached hydrogen (secondary N) is 1. The Morgan fingerprint density at radius 3 is 2.65 bits per heavy atom. The van der Waals surface area contributed by atoms with Crippen molar-refractivity contribution in [3.63, 3.8) is 0 Å². The number of aromatic nitrogens is 1. The molecule has 0 unspecified atom stereocenters. The van der Waals surface area contributed by atoms with Crippen LogP contribution in [0.2, 0.25) is 0 Å². The van der Waals surface area contributed by atoms with E-state index in [1.165, 1.54) is 11.4 Å². The Bertz CT molecular complexity index is 672. The number of hydrogen-bond donors (Lipinski definition) is 2. The fourth-order valence-electron chi connectivity index (χ4n) is 1.38. The third kappa shape index (κ3) is 3.15. The number of thiazole rings is 1. The SMILES string of the molecule is O=C(O)c1csc(C(=O)NCc2ccc(F)c(F)c2)n1. The Morgan fingerprint density at radius 2 is 2.05 bits per heavy atom. The minimum atomic E-state index is -1.22. The van der Waals surface area contributed by atoms with Crippen LogP contribution < -0.4 is 5.32 Å². The molecule has 20 heavy (non-hydrogen) atoms. The number of nitrogens with zero attached hydrogens (tertiary/aromatic N) is 1. The lowest BCUT2D eigenvalue weighted by molar-refractivity contribution is 0.0691. The molecule has 0 saturated carbocycles. The van der Waals surface area contributed by atoms with Crippen LogP contribution in [0.5, 0.6) is 0 Å². The molecular formula is C12H8F2N2O3S. The molecule has 2 aromatic rings. The van der Waals surface area contributed by atoms with Crippen molar-refractivity contribution in [3.05, 3.63) is 51.5 Å². The van der Waals surface area contributed by atoms with E-state index in [1.807, 2.05) is 0 Å². The average molecular weight is 298 g/mol. The minimum absolute atomic E-state index is 0.00927. The standard InChI is InChI=1S/C12H8F2N2O3S/c13-7-2-1-6(3-8(7)14)4-15-10(17)11-16-9(5-20-11)12(18)19/h1-3,5H,4H2,(H,15,17)(H,18,19). The minimum Gasteiger partial charge on any atom is -0.476 e. The zero-order valence-corrected chi connectivity index (χ0v) is 10.7. The van der Waals surface area contributed by atoms with E-state index in [-0.39, 0.29) is 17.2 Å². The van der Waals surface area contributed by atoms with Crippen molar-refractivity contribution in [1.29, 1.82) is 0 Å². The second kappa shape index (κ2) is 5.74. The van der Waals surface area contributed by atoms with E-state index >= 15 is 0 Å². The maximum Gasteiger partial charge on any atom is 0.355 e. The lowest BCUT2D eigenvalue weighted by Crippen LogP contribution is -2.22. The topological polar surface area (TPSA) is 79.3 Å². The van der Waals surface area contributed by atoms with E-state index in [4.69, 9.17) is 5.11 Å². The van der Waals surface area contributed by atoms with Crippen molar-refractivity contribution in [2.24, 2.45) is 0 Å². The summed E-state index contributed by atoms with van der Waals surface area (Å²) in [6, 6.07) is 3.27. The molecule has 0 bridgehead atoms. The van der Waals surface area contributed by atoms with Gasteiger partial charge in [-0.1, -0.05) is 6.07 Å². The Labute approximate surface area is 115 Å². The first kappa shape index (κ1) is 14.1. The Morgan fingerprint density at radius 1 is 1.30 bits per heavy atom. The Hall–Kier alpha value is -2.35. The van der Waals surface area contributed by atoms with Crippen LogP contribution in [0.25, 0.3) is 0 Å². The lowest BCUT2D eigenvalue weighted by Gasteiger charge is -2.03. The first-order chi connectivity index (χ1) is 9.47. The Kier molecular flexibility index (Phi) is 4.04. The zero-order chi connectivity index (χ0) is 14.7. The van der Waals surface area contributed by atoms with Crippen LogP contribution in [0.3, 0.4) is 0 Å². The van der Waals surface area contributed by atoms with Crippen LogP contribution in [0.4, 0.5) is 8.78 Å². The predicted molar refractivity (Wildman–Crippen MR) is 66.6 cm³/mol. The molecule has 0 aliphatic carbocycles. The number of carboxylic acids is 1. The number of hydrogen-bond acceptors (Lipinski definition) is 4. The number of carboxylic acid groups (broad SMARTS) is 1. The molecule has 0 saturated heterocycles. The first-order valence-electron chi connectivity index (χ1n) is 5.38. The van der Waals surface area contributed by atoms with Crippen LogP contribution in [0.1, 0.15) is 25.9 Å². The molecule has 0 spiro atoms. The summed E-state index contributed by atoms with van der Waals surface area (Å²) in [5.41, 5.74) is 0.167. The molecule has 0 radical (unpaired) electrons. The molecule has 1 aromatic heterocycles. The van der Waals surface area contributed by atoms with Gasteiger partial charge in [0, 0.05) is 11.9 Å². The maximum absolute atomic E-state index is 13.0. The summed E-state index contributed by atoms with van der Waals surface area (Å²) in [6.45, 7) is -0.0159. The van der Waals surface area contributed by atoms with Crippen LogP contribution in [0, 0.1) is 11.6 Å². The maximum atomic E-state index is 13.0. The second-order valence-corrected chi connectivity index (χ2v) is 4.63. The molecule has 5 nitrogen and oxygen atoms in total. The molecule has 1 amide bonds. The molecule has 104 valence electrons. The third-order valence-electron chi connectivity index (χ3n) is 2.35. The number of carbonyl (C=O) groups excluding carboxylic acids is 1. The molecule has 0 fully saturated rings. The zero-order valence-electron chi connectivity index (χ0n) is 9.89. The number of amides is 1. The van der Waals surface area contributed by atoms with Crippen LogP contribution >= 0.6 is 11.3 Å². The van der Waals surface area contributed by atoms with Gasteiger partial charge in [0.25, 0.3) is 5.91 Å². The number of halogens is 2. The van der Waals surface area contributed by atoms with E-state index in [0.717, 1.165) is 23.5 Å². The predicted octanol–water partition coefficient (Wildman–Crippen LogP) is 2.05. The largest absolute Gasteiger partial charge is 0.476 e. The van der Waals surface area contributed by atoms with Gasteiger partial charge in [0.15, 0.2) is 22.3 Å². The molecule has 2 rings (SSSR count). The van der Waals surface area contributed by atoms with Gasteiger partial charge in [-0.15, -0.1) is 11.3 Å². The average Bonchev–Trinajstić information content (AvgIpc) is 2.89. The molecule has 0 aliphatic heterocycles. The summed E-state index contributed by atoms with van der Waals surface area (Å²) >= 11 is 0.889. The fourth-order valence-corrected chi connectivity index (χ4v) is 2.09. The van der Waals surface area contributed by atoms with Crippen molar-refractivity contribution < 1.29 is 23.5 Å². The van der Waals surface area contributed by atoms with Gasteiger partial charge < -0.3 is 10.4 Å². The summed E-state index contributed by atoms with van der Waals surface area (Å²) in [6.07, 6.45) is 0. The van der Waals surface area contributed by atoms with Gasteiger partial charge in [-0.05, 0) is 17.7 Å². The molecule has 0 aliphatic rings. The van der Waals surface area contributed by atoms with Gasteiger partial charge in [0.1, 0.15) is 0 Å². The van der Waals surface area contributed by atoms with Gasteiger partial charge in [-0.2, -0.15) is 0 Å². The highest BCUT2D eigenvalue weighted by atomic mass is 32.1. The second-order valence-electron chi connectivity index (χ2n) is 3.77. The fraction of sp³-hybridized carbons (Fsp3) is 0.0833. The van der Waals surface area contributed by atoms with E-state index in [9.17, 15) is 18.4 Å². The number of benzene rings is 1. The van der Waals surface area contributed by atoms with Crippen molar-refractivity contribution in [1.82, 2.24) is 10.3 Å². The van der Waals surface area contributed by atoms with Crippen molar-refractivity contribution in [3.8, 4) is 0 Å². The van der Waals surface area contributed by atoms with E-state index < -0.39 is 23.5 Å². The monoisotopic (exact) mass is 298 g/mol. The number of rotatable bonds is 4. The summed E-state index contributed by atoms with van der Waals surface area (Å²) in [5, 5.41) is 12.4. The molecule has 0 atom stereocenters. The van der Waals surface area contributed by atoms with Crippen molar-refractivity contribution >= 4 is 23.2 Å². The highest BCUT2D eigenvalue weighted by molar-refractivity contribution is 7.11. The summed E-state index contributed by atoms with van der Waals surface area (Å²) in [5.74, 6) is -3.77. The summed E-state index contributed by atoms with van der Waals surface area (Å²) in [4.78, 5) is 25.9. The lowest BCUT2D eigenvalue weighted by atomic mass is 10.2. The quantitative estimate of drug-likeness (QED) is 0.905. The molecule has 1 aromatic carbocycles. The molecule has 8 heteroatoms. The van der Waals surface area contributed by atoms with Crippen LogP contribution in [-0.4, -0.2) is 22.0 Å². The van der Waals surface area contributed by atoms with E-state index in [0.29, 0.717) is 5.56 Å². The molecular weight excluding hydrogens is 290 g/mol. The highest BCUT2D eigenvalue weighted by Gasteiger charge is 2.14.